The number of ether oxygens (including phenoxy) is 1. The molecule has 2 bridgehead atoms. The number of hydrogen-bond donors (Lipinski definition) is 4. The zero-order valence-corrected chi connectivity index (χ0v) is 26.0. The van der Waals surface area contributed by atoms with Crippen LogP contribution in [0.4, 0.5) is 13.2 Å². The van der Waals surface area contributed by atoms with Gasteiger partial charge in [-0.1, -0.05) is 24.3 Å². The Hall–Kier alpha value is -4.42. The summed E-state index contributed by atoms with van der Waals surface area (Å²) < 4.78 is 45.2. The van der Waals surface area contributed by atoms with Crippen molar-refractivity contribution in [1.82, 2.24) is 20.9 Å². The third-order valence-electron chi connectivity index (χ3n) is 7.60. The molecule has 1 aliphatic rings. The number of aliphatic hydroxyl groups is 1. The third-order valence-corrected chi connectivity index (χ3v) is 7.60. The number of rotatable bonds is 5. The lowest BCUT2D eigenvalue weighted by atomic mass is 10.00. The molecule has 0 saturated carbocycles. The van der Waals surface area contributed by atoms with E-state index in [-0.39, 0.29) is 31.3 Å². The second-order valence-corrected chi connectivity index (χ2v) is 11.6. The van der Waals surface area contributed by atoms with E-state index in [0.29, 0.717) is 30.7 Å². The molecule has 0 spiro atoms. The summed E-state index contributed by atoms with van der Waals surface area (Å²) in [5.41, 5.74) is 2.20. The SMILES string of the molecule is Cc1ccc2cc1CCCNC(=O)CN(Cc1cccc(Oc3cccc(C(F)(F)F)c3)c1)C[C@@H](C)NC(=O)[C@H]([C@@H](C)O)NC2=O. The van der Waals surface area contributed by atoms with Crippen molar-refractivity contribution in [2.75, 3.05) is 19.6 Å². The van der Waals surface area contributed by atoms with E-state index in [1.54, 1.807) is 43.3 Å². The first-order valence-electron chi connectivity index (χ1n) is 15.1. The summed E-state index contributed by atoms with van der Waals surface area (Å²) in [6.45, 7) is 6.01. The van der Waals surface area contributed by atoms with Gasteiger partial charge in [0, 0.05) is 31.2 Å². The molecule has 3 amide bonds. The molecule has 3 atom stereocenters. The molecule has 1 heterocycles. The van der Waals surface area contributed by atoms with Crippen molar-refractivity contribution < 1.29 is 37.4 Å². The maximum Gasteiger partial charge on any atom is 0.416 e. The highest BCUT2D eigenvalue weighted by molar-refractivity contribution is 5.98. The van der Waals surface area contributed by atoms with E-state index in [0.717, 1.165) is 28.8 Å². The van der Waals surface area contributed by atoms with E-state index in [9.17, 15) is 32.7 Å². The fourth-order valence-corrected chi connectivity index (χ4v) is 5.27. The molecule has 1 aliphatic heterocycles. The molecule has 0 radical (unpaired) electrons. The van der Waals surface area contributed by atoms with Crippen LogP contribution in [-0.4, -0.2) is 65.5 Å². The highest BCUT2D eigenvalue weighted by atomic mass is 19.4. The zero-order chi connectivity index (χ0) is 33.4. The Kier molecular flexibility index (Phi) is 11.4. The van der Waals surface area contributed by atoms with Gasteiger partial charge in [0.2, 0.25) is 11.8 Å². The molecule has 0 aliphatic carbocycles. The normalized spacial score (nSPS) is 19.8. The lowest BCUT2D eigenvalue weighted by molar-refractivity contribution is -0.137. The van der Waals surface area contributed by atoms with Gasteiger partial charge in [-0.2, -0.15) is 13.2 Å². The quantitative estimate of drug-likeness (QED) is 0.329. The average molecular weight is 641 g/mol. The predicted octanol–water partition coefficient (Wildman–Crippen LogP) is 4.35. The van der Waals surface area contributed by atoms with Crippen LogP contribution in [0.3, 0.4) is 0 Å². The van der Waals surface area contributed by atoms with Gasteiger partial charge < -0.3 is 25.8 Å². The van der Waals surface area contributed by atoms with E-state index in [2.05, 4.69) is 16.0 Å². The molecule has 0 saturated heterocycles. The van der Waals surface area contributed by atoms with Crippen molar-refractivity contribution in [1.29, 1.82) is 0 Å². The van der Waals surface area contributed by atoms with Crippen LogP contribution in [0.1, 0.15) is 52.9 Å². The molecular weight excluding hydrogens is 601 g/mol. The van der Waals surface area contributed by atoms with Crippen molar-refractivity contribution in [3.8, 4) is 11.5 Å². The fraction of sp³-hybridized carbons (Fsp3) is 0.382. The summed E-state index contributed by atoms with van der Waals surface area (Å²) in [7, 11) is 0. The minimum absolute atomic E-state index is 0.00397. The lowest BCUT2D eigenvalue weighted by Gasteiger charge is -2.28. The number of aliphatic hydroxyl groups excluding tert-OH is 1. The second kappa shape index (κ2) is 15.2. The summed E-state index contributed by atoms with van der Waals surface area (Å²) >= 11 is 0. The number of benzene rings is 3. The van der Waals surface area contributed by atoms with Crippen molar-refractivity contribution in [2.45, 2.75) is 64.5 Å². The van der Waals surface area contributed by atoms with Gasteiger partial charge in [0.05, 0.1) is 18.2 Å². The zero-order valence-electron chi connectivity index (χ0n) is 26.0. The first kappa shape index (κ1) is 34.5. The molecule has 0 fully saturated rings. The monoisotopic (exact) mass is 640 g/mol. The molecule has 3 aromatic rings. The summed E-state index contributed by atoms with van der Waals surface area (Å²) in [5.74, 6) is -0.925. The van der Waals surface area contributed by atoms with E-state index >= 15 is 0 Å². The largest absolute Gasteiger partial charge is 0.457 e. The van der Waals surface area contributed by atoms with Crippen LogP contribution < -0.4 is 20.7 Å². The molecule has 12 heteroatoms. The number of alkyl halides is 3. The number of amides is 3. The summed E-state index contributed by atoms with van der Waals surface area (Å²) in [5, 5.41) is 18.8. The Morgan fingerprint density at radius 3 is 2.43 bits per heavy atom. The van der Waals surface area contributed by atoms with Crippen LogP contribution in [0.15, 0.2) is 66.7 Å². The molecule has 0 unspecified atom stereocenters. The van der Waals surface area contributed by atoms with Crippen molar-refractivity contribution >= 4 is 17.7 Å². The van der Waals surface area contributed by atoms with E-state index in [1.807, 2.05) is 17.9 Å². The van der Waals surface area contributed by atoms with Gasteiger partial charge in [0.15, 0.2) is 0 Å². The molecule has 9 nitrogen and oxygen atoms in total. The molecular formula is C34H39F3N4O5. The Bertz CT molecular complexity index is 1550. The van der Waals surface area contributed by atoms with Crippen molar-refractivity contribution in [2.24, 2.45) is 0 Å². The molecule has 0 aromatic heterocycles. The van der Waals surface area contributed by atoms with Gasteiger partial charge in [-0.3, -0.25) is 19.3 Å². The standard InChI is InChI=1S/C34H39F3N4O5/c1-21-12-13-26-16-25(21)8-6-14-38-30(43)20-41(18-22(2)39-33(45)31(23(3)42)40-32(26)44)19-24-7-4-10-28(15-24)46-29-11-5-9-27(17-29)34(35,36)37/h4-5,7,9-13,15-17,22-23,31,42H,6,8,14,18-20H2,1-3H3,(H,38,43)(H,39,45)(H,40,44)/t22-,23-,31+/m1/s1. The van der Waals surface area contributed by atoms with Gasteiger partial charge in [-0.05, 0) is 92.8 Å². The number of hydrogen-bond acceptors (Lipinski definition) is 6. The van der Waals surface area contributed by atoms with Gasteiger partial charge in [-0.15, -0.1) is 0 Å². The number of aryl methyl sites for hydroxylation is 2. The molecule has 3 aromatic carbocycles. The summed E-state index contributed by atoms with van der Waals surface area (Å²) in [4.78, 5) is 41.1. The average Bonchev–Trinajstić information content (AvgIpc) is 2.98. The lowest BCUT2D eigenvalue weighted by Crippen LogP contribution is -2.55. The van der Waals surface area contributed by atoms with Crippen LogP contribution in [0.5, 0.6) is 11.5 Å². The van der Waals surface area contributed by atoms with Crippen molar-refractivity contribution in [3.63, 3.8) is 0 Å². The first-order chi connectivity index (χ1) is 21.8. The molecule has 46 heavy (non-hydrogen) atoms. The Labute approximate surface area is 266 Å². The molecule has 246 valence electrons. The van der Waals surface area contributed by atoms with E-state index < -0.39 is 41.7 Å². The van der Waals surface area contributed by atoms with Gasteiger partial charge >= 0.3 is 6.18 Å². The van der Waals surface area contributed by atoms with E-state index in [1.165, 1.54) is 19.1 Å². The summed E-state index contributed by atoms with van der Waals surface area (Å²) in [6, 6.07) is 15.0. The van der Waals surface area contributed by atoms with Gasteiger partial charge in [-0.25, -0.2) is 0 Å². The number of halogens is 3. The highest BCUT2D eigenvalue weighted by Gasteiger charge is 2.31. The van der Waals surface area contributed by atoms with Crippen LogP contribution in [0, 0.1) is 6.92 Å². The Morgan fingerprint density at radius 1 is 1.00 bits per heavy atom. The second-order valence-electron chi connectivity index (χ2n) is 11.6. The number of carbonyl (C=O) groups is 3. The maximum atomic E-state index is 13.2. The Balaban J connectivity index is 1.53. The number of carbonyl (C=O) groups excluding carboxylic acids is 3. The predicted molar refractivity (Wildman–Crippen MR) is 166 cm³/mol. The minimum Gasteiger partial charge on any atom is -0.457 e. The Morgan fingerprint density at radius 2 is 1.72 bits per heavy atom. The maximum absolute atomic E-state index is 13.2. The van der Waals surface area contributed by atoms with Crippen LogP contribution in [-0.2, 0) is 28.7 Å². The number of nitrogens with zero attached hydrogens (tertiary/aromatic N) is 1. The van der Waals surface area contributed by atoms with Crippen molar-refractivity contribution in [3.05, 3.63) is 94.5 Å². The topological polar surface area (TPSA) is 120 Å². The van der Waals surface area contributed by atoms with Crippen LogP contribution >= 0.6 is 0 Å². The van der Waals surface area contributed by atoms with Crippen LogP contribution in [0.25, 0.3) is 0 Å². The summed E-state index contributed by atoms with van der Waals surface area (Å²) in [6.07, 6.45) is -4.42. The number of nitrogens with one attached hydrogen (secondary N) is 3. The first-order valence-corrected chi connectivity index (χ1v) is 15.1. The molecule has 4 N–H and O–H groups in total. The fourth-order valence-electron chi connectivity index (χ4n) is 5.27. The number of fused-ring (bicyclic) bond motifs is 2. The van der Waals surface area contributed by atoms with E-state index in [4.69, 9.17) is 4.74 Å². The molecule has 4 rings (SSSR count). The highest BCUT2D eigenvalue weighted by Crippen LogP contribution is 2.33. The van der Waals surface area contributed by atoms with Crippen LogP contribution in [0.2, 0.25) is 0 Å². The van der Waals surface area contributed by atoms with Gasteiger partial charge in [0.1, 0.15) is 17.5 Å². The van der Waals surface area contributed by atoms with Gasteiger partial charge in [0.25, 0.3) is 5.91 Å². The smallest absolute Gasteiger partial charge is 0.416 e. The third kappa shape index (κ3) is 9.79. The minimum atomic E-state index is -4.50.